The summed E-state index contributed by atoms with van der Waals surface area (Å²) < 4.78 is 39.3. The zero-order chi connectivity index (χ0) is 12.4. The highest BCUT2D eigenvalue weighted by Gasteiger charge is 2.20. The van der Waals surface area contributed by atoms with Gasteiger partial charge in [0.2, 0.25) is 0 Å². The summed E-state index contributed by atoms with van der Waals surface area (Å²) in [5, 5.41) is 0. The Labute approximate surface area is 94.7 Å². The topological polar surface area (TPSA) is 30.0 Å². The smallest absolute Gasteiger partial charge is 0.199 e. The fourth-order valence-electron chi connectivity index (χ4n) is 1.41. The Hall–Kier alpha value is -2.17. The molecular formula is C12H6F3NO. The summed E-state index contributed by atoms with van der Waals surface area (Å²) in [4.78, 5) is 15.4. The Balaban J connectivity index is 2.52. The van der Waals surface area contributed by atoms with Crippen LogP contribution in [0.25, 0.3) is 0 Å². The zero-order valence-electron chi connectivity index (χ0n) is 8.45. The van der Waals surface area contributed by atoms with Gasteiger partial charge in [0.1, 0.15) is 17.5 Å². The van der Waals surface area contributed by atoms with Crippen molar-refractivity contribution >= 4 is 5.78 Å². The minimum Gasteiger partial charge on any atom is -0.288 e. The van der Waals surface area contributed by atoms with Crippen molar-refractivity contribution in [3.8, 4) is 0 Å². The monoisotopic (exact) mass is 237 g/mol. The van der Waals surface area contributed by atoms with Gasteiger partial charge in [0.05, 0.1) is 5.56 Å². The molecule has 0 N–H and O–H groups in total. The molecule has 0 aliphatic rings. The summed E-state index contributed by atoms with van der Waals surface area (Å²) in [5.41, 5.74) is -0.679. The van der Waals surface area contributed by atoms with Gasteiger partial charge in [-0.25, -0.2) is 13.2 Å². The lowest BCUT2D eigenvalue weighted by Gasteiger charge is -2.04. The molecule has 0 aliphatic carbocycles. The first-order chi connectivity index (χ1) is 8.09. The second kappa shape index (κ2) is 4.37. The van der Waals surface area contributed by atoms with E-state index in [1.165, 1.54) is 24.5 Å². The second-order valence-corrected chi connectivity index (χ2v) is 3.31. The molecule has 5 heteroatoms. The normalized spacial score (nSPS) is 10.3. The van der Waals surface area contributed by atoms with Crippen LogP contribution in [0, 0.1) is 17.5 Å². The summed E-state index contributed by atoms with van der Waals surface area (Å²) in [5.74, 6) is -4.35. The SMILES string of the molecule is O=C(c1ccncc1)c1c(F)cc(F)cc1F. The number of nitrogens with zero attached hydrogens (tertiary/aromatic N) is 1. The van der Waals surface area contributed by atoms with Crippen molar-refractivity contribution in [1.29, 1.82) is 0 Å². The molecule has 1 aromatic carbocycles. The largest absolute Gasteiger partial charge is 0.288 e. The first-order valence-electron chi connectivity index (χ1n) is 4.69. The van der Waals surface area contributed by atoms with E-state index in [2.05, 4.69) is 4.98 Å². The van der Waals surface area contributed by atoms with Crippen molar-refractivity contribution in [3.05, 3.63) is 65.2 Å². The summed E-state index contributed by atoms with van der Waals surface area (Å²) in [6.45, 7) is 0. The van der Waals surface area contributed by atoms with Gasteiger partial charge in [0.15, 0.2) is 5.78 Å². The minimum absolute atomic E-state index is 0.0874. The molecule has 2 nitrogen and oxygen atoms in total. The Morgan fingerprint density at radius 3 is 2.06 bits per heavy atom. The highest BCUT2D eigenvalue weighted by molar-refractivity contribution is 6.09. The molecule has 0 unspecified atom stereocenters. The lowest BCUT2D eigenvalue weighted by atomic mass is 10.0. The van der Waals surface area contributed by atoms with E-state index in [0.717, 1.165) is 0 Å². The molecule has 86 valence electrons. The van der Waals surface area contributed by atoms with Crippen LogP contribution in [-0.4, -0.2) is 10.8 Å². The summed E-state index contributed by atoms with van der Waals surface area (Å²) in [6.07, 6.45) is 2.65. The molecule has 0 amide bonds. The Kier molecular flexibility index (Phi) is 2.91. The van der Waals surface area contributed by atoms with Crippen molar-refractivity contribution in [1.82, 2.24) is 4.98 Å². The molecule has 0 fully saturated rings. The maximum atomic E-state index is 13.3. The fraction of sp³-hybridized carbons (Fsp3) is 0. The number of carbonyl (C=O) groups excluding carboxylic acids is 1. The number of aromatic nitrogens is 1. The summed E-state index contributed by atoms with van der Waals surface area (Å²) in [7, 11) is 0. The number of ketones is 1. The molecule has 0 saturated heterocycles. The van der Waals surface area contributed by atoms with Gasteiger partial charge >= 0.3 is 0 Å². The van der Waals surface area contributed by atoms with Gasteiger partial charge in [0, 0.05) is 30.1 Å². The maximum Gasteiger partial charge on any atom is 0.199 e. The molecule has 1 aromatic heterocycles. The molecule has 0 radical (unpaired) electrons. The number of rotatable bonds is 2. The third-order valence-corrected chi connectivity index (χ3v) is 2.18. The fourth-order valence-corrected chi connectivity index (χ4v) is 1.41. The van der Waals surface area contributed by atoms with E-state index < -0.39 is 28.8 Å². The third kappa shape index (κ3) is 2.18. The van der Waals surface area contributed by atoms with Crippen LogP contribution in [0.3, 0.4) is 0 Å². The van der Waals surface area contributed by atoms with E-state index in [4.69, 9.17) is 0 Å². The molecule has 0 atom stereocenters. The van der Waals surface area contributed by atoms with Crippen molar-refractivity contribution in [2.45, 2.75) is 0 Å². The van der Waals surface area contributed by atoms with Crippen LogP contribution in [0.15, 0.2) is 36.7 Å². The molecule has 2 rings (SSSR count). The third-order valence-electron chi connectivity index (χ3n) is 2.18. The first kappa shape index (κ1) is 11.3. The van der Waals surface area contributed by atoms with Gasteiger partial charge < -0.3 is 0 Å². The van der Waals surface area contributed by atoms with Crippen LogP contribution < -0.4 is 0 Å². The molecule has 0 saturated carbocycles. The van der Waals surface area contributed by atoms with Gasteiger partial charge in [-0.05, 0) is 12.1 Å². The molecule has 0 spiro atoms. The average molecular weight is 237 g/mol. The van der Waals surface area contributed by atoms with Gasteiger partial charge in [-0.2, -0.15) is 0 Å². The lowest BCUT2D eigenvalue weighted by molar-refractivity contribution is 0.103. The highest BCUT2D eigenvalue weighted by atomic mass is 19.1. The van der Waals surface area contributed by atoms with Crippen LogP contribution in [0.2, 0.25) is 0 Å². The number of hydrogen-bond acceptors (Lipinski definition) is 2. The summed E-state index contributed by atoms with van der Waals surface area (Å²) >= 11 is 0. The summed E-state index contributed by atoms with van der Waals surface area (Å²) in [6, 6.07) is 3.59. The minimum atomic E-state index is -1.22. The van der Waals surface area contributed by atoms with Gasteiger partial charge in [-0.15, -0.1) is 0 Å². The van der Waals surface area contributed by atoms with Crippen LogP contribution >= 0.6 is 0 Å². The molecule has 17 heavy (non-hydrogen) atoms. The number of hydrogen-bond donors (Lipinski definition) is 0. The van der Waals surface area contributed by atoms with Crippen LogP contribution in [-0.2, 0) is 0 Å². The average Bonchev–Trinajstić information content (AvgIpc) is 2.28. The second-order valence-electron chi connectivity index (χ2n) is 3.31. The van der Waals surface area contributed by atoms with Crippen molar-refractivity contribution < 1.29 is 18.0 Å². The molecular weight excluding hydrogens is 231 g/mol. The van der Waals surface area contributed by atoms with Crippen LogP contribution in [0.1, 0.15) is 15.9 Å². The Bertz CT molecular complexity index is 546. The number of benzene rings is 1. The number of halogens is 3. The van der Waals surface area contributed by atoms with Gasteiger partial charge in [0.25, 0.3) is 0 Å². The predicted molar refractivity (Wildman–Crippen MR) is 54.0 cm³/mol. The van der Waals surface area contributed by atoms with E-state index >= 15 is 0 Å². The molecule has 1 heterocycles. The number of pyridine rings is 1. The van der Waals surface area contributed by atoms with E-state index in [-0.39, 0.29) is 5.56 Å². The van der Waals surface area contributed by atoms with Crippen molar-refractivity contribution in [3.63, 3.8) is 0 Å². The van der Waals surface area contributed by atoms with E-state index in [1.54, 1.807) is 0 Å². The van der Waals surface area contributed by atoms with E-state index in [1.807, 2.05) is 0 Å². The zero-order valence-corrected chi connectivity index (χ0v) is 8.45. The van der Waals surface area contributed by atoms with Crippen molar-refractivity contribution in [2.75, 3.05) is 0 Å². The molecule has 0 bridgehead atoms. The lowest BCUT2D eigenvalue weighted by Crippen LogP contribution is -2.08. The molecule has 0 aliphatic heterocycles. The van der Waals surface area contributed by atoms with Crippen LogP contribution in [0.4, 0.5) is 13.2 Å². The Morgan fingerprint density at radius 1 is 1.00 bits per heavy atom. The maximum absolute atomic E-state index is 13.3. The quantitative estimate of drug-likeness (QED) is 0.751. The number of carbonyl (C=O) groups is 1. The Morgan fingerprint density at radius 2 is 1.53 bits per heavy atom. The van der Waals surface area contributed by atoms with Gasteiger partial charge in [-0.3, -0.25) is 9.78 Å². The van der Waals surface area contributed by atoms with E-state index in [9.17, 15) is 18.0 Å². The first-order valence-corrected chi connectivity index (χ1v) is 4.69. The molecule has 2 aromatic rings. The van der Waals surface area contributed by atoms with Gasteiger partial charge in [-0.1, -0.05) is 0 Å². The highest BCUT2D eigenvalue weighted by Crippen LogP contribution is 2.18. The standard InChI is InChI=1S/C12H6F3NO/c13-8-5-9(14)11(10(15)6-8)12(17)7-1-3-16-4-2-7/h1-6H. The van der Waals surface area contributed by atoms with Crippen molar-refractivity contribution in [2.24, 2.45) is 0 Å². The van der Waals surface area contributed by atoms with E-state index in [0.29, 0.717) is 12.1 Å². The predicted octanol–water partition coefficient (Wildman–Crippen LogP) is 2.73. The van der Waals surface area contributed by atoms with Crippen LogP contribution in [0.5, 0.6) is 0 Å².